The van der Waals surface area contributed by atoms with Crippen molar-refractivity contribution in [1.82, 2.24) is 14.3 Å². The van der Waals surface area contributed by atoms with Gasteiger partial charge in [0.25, 0.3) is 0 Å². The number of thiophene rings is 1. The summed E-state index contributed by atoms with van der Waals surface area (Å²) in [6.45, 7) is 2.49. The first-order chi connectivity index (χ1) is 12.2. The molecule has 130 valence electrons. The molecule has 0 radical (unpaired) electrons. The molecule has 1 aromatic carbocycles. The topological polar surface area (TPSA) is 47.4 Å². The van der Waals surface area contributed by atoms with Crippen molar-refractivity contribution in [2.75, 3.05) is 13.1 Å². The Morgan fingerprint density at radius 1 is 1.24 bits per heavy atom. The average Bonchev–Trinajstić information content (AvgIpc) is 3.25. The van der Waals surface area contributed by atoms with Crippen LogP contribution in [-0.4, -0.2) is 38.6 Å². The van der Waals surface area contributed by atoms with Crippen LogP contribution in [0.4, 0.5) is 0 Å². The number of para-hydroxylation sites is 1. The van der Waals surface area contributed by atoms with Gasteiger partial charge in [-0.3, -0.25) is 4.57 Å². The van der Waals surface area contributed by atoms with E-state index < -0.39 is 0 Å². The number of likely N-dealkylation sites (tertiary alicyclic amines) is 1. The van der Waals surface area contributed by atoms with E-state index in [9.17, 15) is 5.11 Å². The lowest BCUT2D eigenvalue weighted by molar-refractivity contribution is -0.931. The summed E-state index contributed by atoms with van der Waals surface area (Å²) >= 11 is 7.42. The summed E-state index contributed by atoms with van der Waals surface area (Å²) in [5.74, 6) is 0.878. The minimum atomic E-state index is -0.217. The van der Waals surface area contributed by atoms with E-state index in [-0.39, 0.29) is 6.10 Å². The van der Waals surface area contributed by atoms with Crippen molar-refractivity contribution in [3.05, 3.63) is 52.6 Å². The fourth-order valence-corrected chi connectivity index (χ4v) is 4.36. The number of aliphatic hydroxyl groups excluding tert-OH is 1. The van der Waals surface area contributed by atoms with E-state index in [1.165, 1.54) is 4.90 Å². The number of piperidine rings is 1. The SMILES string of the molecule is O[C@@H]1CCC[NH+](Cn2nc(-c3cccs3)n(-c3ccccc3)c2=S)C1. The molecule has 7 heteroatoms. The normalized spacial score (nSPS) is 20.7. The summed E-state index contributed by atoms with van der Waals surface area (Å²) in [6.07, 6.45) is 1.72. The van der Waals surface area contributed by atoms with Crippen LogP contribution < -0.4 is 4.90 Å². The zero-order valence-corrected chi connectivity index (χ0v) is 15.5. The number of nitrogens with zero attached hydrogens (tertiary/aromatic N) is 3. The number of rotatable bonds is 4. The van der Waals surface area contributed by atoms with Gasteiger partial charge in [-0.1, -0.05) is 24.3 Å². The lowest BCUT2D eigenvalue weighted by Crippen LogP contribution is -3.13. The van der Waals surface area contributed by atoms with Crippen LogP contribution >= 0.6 is 23.6 Å². The van der Waals surface area contributed by atoms with Crippen LogP contribution in [0.1, 0.15) is 12.8 Å². The number of hydrogen-bond donors (Lipinski definition) is 2. The molecule has 0 amide bonds. The summed E-state index contributed by atoms with van der Waals surface area (Å²) in [7, 11) is 0. The zero-order chi connectivity index (χ0) is 17.2. The molecule has 0 saturated carbocycles. The average molecular weight is 374 g/mol. The third-order valence-corrected chi connectivity index (χ3v) is 5.82. The highest BCUT2D eigenvalue weighted by molar-refractivity contribution is 7.71. The molecule has 0 spiro atoms. The Bertz CT molecular complexity index is 886. The summed E-state index contributed by atoms with van der Waals surface area (Å²) in [6, 6.07) is 14.2. The Balaban J connectivity index is 1.75. The molecule has 1 saturated heterocycles. The van der Waals surface area contributed by atoms with E-state index in [1.54, 1.807) is 11.3 Å². The highest BCUT2D eigenvalue weighted by Gasteiger charge is 2.23. The molecule has 0 aliphatic carbocycles. The van der Waals surface area contributed by atoms with E-state index in [2.05, 4.69) is 23.6 Å². The molecule has 0 bridgehead atoms. The van der Waals surface area contributed by atoms with Crippen molar-refractivity contribution in [2.24, 2.45) is 0 Å². The molecular weight excluding hydrogens is 352 g/mol. The predicted molar refractivity (Wildman–Crippen MR) is 102 cm³/mol. The number of aromatic nitrogens is 3. The monoisotopic (exact) mass is 373 g/mol. The minimum Gasteiger partial charge on any atom is -0.387 e. The molecule has 1 aliphatic heterocycles. The lowest BCUT2D eigenvalue weighted by atomic mass is 10.1. The van der Waals surface area contributed by atoms with Gasteiger partial charge in [0, 0.05) is 0 Å². The van der Waals surface area contributed by atoms with Gasteiger partial charge in [0.15, 0.2) is 12.5 Å². The molecule has 25 heavy (non-hydrogen) atoms. The maximum absolute atomic E-state index is 9.93. The second-order valence-electron chi connectivity index (χ2n) is 6.41. The van der Waals surface area contributed by atoms with Gasteiger partial charge in [-0.2, -0.15) is 4.68 Å². The van der Waals surface area contributed by atoms with Gasteiger partial charge in [-0.25, -0.2) is 0 Å². The van der Waals surface area contributed by atoms with Crippen LogP contribution in [0.2, 0.25) is 0 Å². The van der Waals surface area contributed by atoms with E-state index in [0.717, 1.165) is 42.3 Å². The molecule has 2 atom stereocenters. The molecule has 1 fully saturated rings. The Hall–Kier alpha value is -1.80. The van der Waals surface area contributed by atoms with Gasteiger partial charge in [-0.15, -0.1) is 16.4 Å². The Labute approximate surface area is 155 Å². The van der Waals surface area contributed by atoms with Crippen LogP contribution in [0.15, 0.2) is 47.8 Å². The molecule has 2 aromatic heterocycles. The van der Waals surface area contributed by atoms with Gasteiger partial charge < -0.3 is 10.0 Å². The fourth-order valence-electron chi connectivity index (χ4n) is 3.37. The van der Waals surface area contributed by atoms with E-state index in [4.69, 9.17) is 17.3 Å². The number of nitrogens with one attached hydrogen (secondary N) is 1. The van der Waals surface area contributed by atoms with Crippen LogP contribution in [0.3, 0.4) is 0 Å². The molecule has 5 nitrogen and oxygen atoms in total. The van der Waals surface area contributed by atoms with Crippen molar-refractivity contribution in [3.8, 4) is 16.4 Å². The van der Waals surface area contributed by atoms with Crippen molar-refractivity contribution < 1.29 is 10.0 Å². The Morgan fingerprint density at radius 2 is 2.08 bits per heavy atom. The maximum Gasteiger partial charge on any atom is 0.207 e. The van der Waals surface area contributed by atoms with Gasteiger partial charge in [0.05, 0.1) is 17.1 Å². The molecule has 1 unspecified atom stereocenters. The Morgan fingerprint density at radius 3 is 2.80 bits per heavy atom. The number of benzene rings is 1. The van der Waals surface area contributed by atoms with Gasteiger partial charge in [-0.05, 0) is 48.6 Å². The first-order valence-corrected chi connectivity index (χ1v) is 9.82. The Kier molecular flexibility index (Phi) is 4.80. The van der Waals surface area contributed by atoms with Crippen LogP contribution in [0, 0.1) is 4.77 Å². The van der Waals surface area contributed by atoms with Crippen LogP contribution in [0.5, 0.6) is 0 Å². The lowest BCUT2D eigenvalue weighted by Gasteiger charge is -2.26. The largest absolute Gasteiger partial charge is 0.387 e. The first-order valence-electron chi connectivity index (χ1n) is 8.53. The van der Waals surface area contributed by atoms with E-state index in [1.807, 2.05) is 33.5 Å². The first kappa shape index (κ1) is 16.7. The molecular formula is C18H21N4OS2+. The highest BCUT2D eigenvalue weighted by Crippen LogP contribution is 2.26. The zero-order valence-electron chi connectivity index (χ0n) is 13.8. The second kappa shape index (κ2) is 7.21. The maximum atomic E-state index is 9.93. The van der Waals surface area contributed by atoms with Crippen molar-refractivity contribution in [1.29, 1.82) is 0 Å². The van der Waals surface area contributed by atoms with Crippen molar-refractivity contribution >= 4 is 23.6 Å². The van der Waals surface area contributed by atoms with Crippen LogP contribution in [0.25, 0.3) is 16.4 Å². The van der Waals surface area contributed by atoms with Gasteiger partial charge in [0.2, 0.25) is 4.77 Å². The minimum absolute atomic E-state index is 0.217. The molecule has 1 aliphatic rings. The third-order valence-electron chi connectivity index (χ3n) is 4.56. The summed E-state index contributed by atoms with van der Waals surface area (Å²) in [5.41, 5.74) is 1.02. The molecule has 2 N–H and O–H groups in total. The van der Waals surface area contributed by atoms with E-state index >= 15 is 0 Å². The van der Waals surface area contributed by atoms with Gasteiger partial charge in [0.1, 0.15) is 12.6 Å². The highest BCUT2D eigenvalue weighted by atomic mass is 32.1. The van der Waals surface area contributed by atoms with Crippen LogP contribution in [-0.2, 0) is 6.67 Å². The summed E-state index contributed by atoms with van der Waals surface area (Å²) in [5, 5.41) is 16.8. The molecule has 3 heterocycles. The standard InChI is InChI=1S/C18H20N4OS2/c23-15-8-4-10-20(12-15)13-21-18(24)22(14-6-2-1-3-7-14)17(19-21)16-9-5-11-25-16/h1-3,5-7,9,11,15,23H,4,8,10,12-13H2/p+1/t15-/m1/s1. The number of aliphatic hydroxyl groups is 1. The second-order valence-corrected chi connectivity index (χ2v) is 7.73. The third kappa shape index (κ3) is 3.46. The number of quaternary nitrogens is 1. The van der Waals surface area contributed by atoms with Gasteiger partial charge >= 0.3 is 0 Å². The molecule has 3 aromatic rings. The predicted octanol–water partition coefficient (Wildman–Crippen LogP) is 2.13. The number of hydrogen-bond acceptors (Lipinski definition) is 4. The fraction of sp³-hybridized carbons (Fsp3) is 0.333. The van der Waals surface area contributed by atoms with Crippen molar-refractivity contribution in [2.45, 2.75) is 25.6 Å². The van der Waals surface area contributed by atoms with E-state index in [0.29, 0.717) is 11.4 Å². The van der Waals surface area contributed by atoms with Crippen molar-refractivity contribution in [3.63, 3.8) is 0 Å². The smallest absolute Gasteiger partial charge is 0.207 e. The quantitative estimate of drug-likeness (QED) is 0.689. The summed E-state index contributed by atoms with van der Waals surface area (Å²) < 4.78 is 4.65. The summed E-state index contributed by atoms with van der Waals surface area (Å²) in [4.78, 5) is 2.42. The molecule has 4 rings (SSSR count).